The van der Waals surface area contributed by atoms with Crippen LogP contribution in [0.1, 0.15) is 47.9 Å². The highest BCUT2D eigenvalue weighted by Gasteiger charge is 2.08. The summed E-state index contributed by atoms with van der Waals surface area (Å²) in [7, 11) is 6.79. The summed E-state index contributed by atoms with van der Waals surface area (Å²) in [6.45, 7) is 2.38. The minimum Gasteiger partial charge on any atom is -0.548 e. The van der Waals surface area contributed by atoms with Crippen LogP contribution in [0.3, 0.4) is 0 Å². The first-order chi connectivity index (χ1) is 28.0. The second-order valence-corrected chi connectivity index (χ2v) is 16.3. The van der Waals surface area contributed by atoms with E-state index in [0.717, 1.165) is 71.1 Å². The third-order valence-electron chi connectivity index (χ3n) is 8.91. The summed E-state index contributed by atoms with van der Waals surface area (Å²) >= 11 is 0. The molecule has 0 aliphatic rings. The van der Waals surface area contributed by atoms with E-state index in [0.29, 0.717) is 25.9 Å². The number of nitrogens with one attached hydrogen (secondary N) is 2. The molecule has 2 heterocycles. The third kappa shape index (κ3) is 17.7. The fraction of sp³-hybridized carbons (Fsp3) is 0.318. The van der Waals surface area contributed by atoms with E-state index < -0.39 is 11.9 Å². The molecule has 0 bridgehead atoms. The topological polar surface area (TPSA) is 153 Å². The lowest BCUT2D eigenvalue weighted by molar-refractivity contribution is -0.697. The molecule has 0 fully saturated rings. The number of benzene rings is 2. The molecule has 2 aromatic carbocycles. The molecule has 0 saturated heterocycles. The van der Waals surface area contributed by atoms with Crippen LogP contribution in [0.2, 0.25) is 0 Å². The van der Waals surface area contributed by atoms with E-state index in [9.17, 15) is 29.4 Å². The summed E-state index contributed by atoms with van der Waals surface area (Å²) in [6.07, 6.45) is 18.5. The molecule has 306 valence electrons. The van der Waals surface area contributed by atoms with Gasteiger partial charge in [-0.05, 0) is 46.5 Å². The fourth-order valence-corrected chi connectivity index (χ4v) is 7.51. The minimum atomic E-state index is -1.12. The number of nitrogens with zero attached hydrogens (tertiary/aromatic N) is 4. The Hall–Kier alpha value is -5.60. The second-order valence-electron chi connectivity index (χ2n) is 13.6. The summed E-state index contributed by atoms with van der Waals surface area (Å²) in [5, 5.41) is 27.6. The molecule has 0 aliphatic heterocycles. The monoisotopic (exact) mass is 824 g/mol. The molecule has 2 aromatic heterocycles. The van der Waals surface area contributed by atoms with Crippen LogP contribution in [0.5, 0.6) is 0 Å². The van der Waals surface area contributed by atoms with Gasteiger partial charge in [0.05, 0.1) is 25.0 Å². The van der Waals surface area contributed by atoms with Crippen molar-refractivity contribution in [1.29, 1.82) is 0 Å². The molecular formula is C44H52N6O6S2. The van der Waals surface area contributed by atoms with Gasteiger partial charge >= 0.3 is 0 Å². The molecule has 14 heteroatoms. The maximum atomic E-state index is 12.3. The van der Waals surface area contributed by atoms with Crippen molar-refractivity contribution in [2.75, 3.05) is 61.6 Å². The van der Waals surface area contributed by atoms with Gasteiger partial charge in [0.2, 0.25) is 11.8 Å². The largest absolute Gasteiger partial charge is 0.548 e. The zero-order valence-electron chi connectivity index (χ0n) is 33.1. The molecular weight excluding hydrogens is 773 g/mol. The average Bonchev–Trinajstić information content (AvgIpc) is 3.21. The number of carboxylic acids is 2. The van der Waals surface area contributed by atoms with Crippen molar-refractivity contribution in [2.45, 2.75) is 38.8 Å². The van der Waals surface area contributed by atoms with Gasteiger partial charge in [-0.3, -0.25) is 9.59 Å². The van der Waals surface area contributed by atoms with E-state index in [-0.39, 0.29) is 24.9 Å². The molecule has 0 spiro atoms. The Kier molecular flexibility index (Phi) is 19.4. The van der Waals surface area contributed by atoms with E-state index in [4.69, 9.17) is 0 Å². The lowest BCUT2D eigenvalue weighted by atomic mass is 10.1. The smallest absolute Gasteiger partial charge is 0.220 e. The van der Waals surface area contributed by atoms with Crippen LogP contribution in [0.15, 0.2) is 97.6 Å². The van der Waals surface area contributed by atoms with E-state index in [1.165, 1.54) is 0 Å². The lowest BCUT2D eigenvalue weighted by Crippen LogP contribution is -2.35. The van der Waals surface area contributed by atoms with Gasteiger partial charge in [-0.15, -0.1) is 0 Å². The van der Waals surface area contributed by atoms with Crippen LogP contribution in [-0.4, -0.2) is 75.5 Å². The van der Waals surface area contributed by atoms with Crippen molar-refractivity contribution in [3.8, 4) is 0 Å². The summed E-state index contributed by atoms with van der Waals surface area (Å²) < 4.78 is 4.12. The fourth-order valence-electron chi connectivity index (χ4n) is 5.70. The molecule has 2 amide bonds. The number of pyridine rings is 2. The van der Waals surface area contributed by atoms with Crippen LogP contribution in [-0.2, 0) is 32.3 Å². The zero-order chi connectivity index (χ0) is 41.5. The number of aryl methyl sites for hydroxylation is 2. The summed E-state index contributed by atoms with van der Waals surface area (Å²) in [4.78, 5) is 49.4. The number of hydrogen-bond donors (Lipinski definition) is 2. The van der Waals surface area contributed by atoms with Crippen molar-refractivity contribution in [3.05, 3.63) is 120 Å². The summed E-state index contributed by atoms with van der Waals surface area (Å²) in [5.41, 5.74) is 5.74. The quantitative estimate of drug-likeness (QED) is 0.0580. The van der Waals surface area contributed by atoms with E-state index in [1.54, 1.807) is 45.5 Å². The first-order valence-electron chi connectivity index (χ1n) is 19.2. The van der Waals surface area contributed by atoms with Crippen LogP contribution in [0, 0.1) is 0 Å². The van der Waals surface area contributed by atoms with Gasteiger partial charge in [-0.25, -0.2) is 9.13 Å². The zero-order valence-corrected chi connectivity index (χ0v) is 34.7. The Morgan fingerprint density at radius 2 is 0.879 bits per heavy atom. The molecule has 0 unspecified atom stereocenters. The van der Waals surface area contributed by atoms with Gasteiger partial charge in [0, 0.05) is 100 Å². The van der Waals surface area contributed by atoms with E-state index in [2.05, 4.69) is 19.8 Å². The molecule has 2 N–H and O–H groups in total. The number of hydrogen-bond acceptors (Lipinski definition) is 10. The molecule has 0 saturated carbocycles. The molecule has 0 atom stereocenters. The molecule has 58 heavy (non-hydrogen) atoms. The second kappa shape index (κ2) is 24.9. The number of aliphatic carboxylic acids is 2. The first-order valence-corrected chi connectivity index (χ1v) is 21.7. The predicted molar refractivity (Wildman–Crippen MR) is 230 cm³/mol. The summed E-state index contributed by atoms with van der Waals surface area (Å²) in [5.74, 6) is -0.555. The molecule has 12 nitrogen and oxygen atoms in total. The molecule has 0 aliphatic carbocycles. The number of anilines is 2. The lowest BCUT2D eigenvalue weighted by Gasteiger charge is -2.19. The van der Waals surface area contributed by atoms with Gasteiger partial charge in [-0.1, -0.05) is 70.2 Å². The molecule has 0 radical (unpaired) electrons. The van der Waals surface area contributed by atoms with Crippen molar-refractivity contribution >= 4 is 81.0 Å². The Balaban J connectivity index is 0.976. The number of aromatic nitrogens is 2. The van der Waals surface area contributed by atoms with Gasteiger partial charge in [0.1, 0.15) is 13.1 Å². The Bertz CT molecular complexity index is 1810. The maximum absolute atomic E-state index is 12.3. The SMILES string of the molecule is CN(CC(=O)[O-])c1ccc(C=Cc2cc[n+](CCCC(=O)NCCSSCCNC(=O)CCC[n+]3ccc(C=Cc4ccc(N(C)CC(=O)[O-])cc4)cc3)cc2)cc1. The van der Waals surface area contributed by atoms with Crippen molar-refractivity contribution in [3.63, 3.8) is 0 Å². The Morgan fingerprint density at radius 1 is 0.552 bits per heavy atom. The van der Waals surface area contributed by atoms with Crippen molar-refractivity contribution in [2.24, 2.45) is 0 Å². The van der Waals surface area contributed by atoms with Gasteiger partial charge < -0.3 is 40.2 Å². The predicted octanol–water partition coefficient (Wildman–Crippen LogP) is 2.85. The van der Waals surface area contributed by atoms with E-state index in [1.807, 2.05) is 122 Å². The summed E-state index contributed by atoms with van der Waals surface area (Å²) in [6, 6.07) is 23.4. The van der Waals surface area contributed by atoms with Gasteiger partial charge in [-0.2, -0.15) is 0 Å². The number of carbonyl (C=O) groups excluding carboxylic acids is 4. The normalized spacial score (nSPS) is 11.1. The number of carboxylic acid groups (broad SMARTS) is 2. The van der Waals surface area contributed by atoms with Crippen molar-refractivity contribution < 1.29 is 38.5 Å². The third-order valence-corrected chi connectivity index (χ3v) is 11.3. The first kappa shape index (κ1) is 45.1. The number of carbonyl (C=O) groups is 4. The van der Waals surface area contributed by atoms with Crippen LogP contribution in [0.4, 0.5) is 11.4 Å². The standard InChI is InChI=1S/C44H52N6O6S2/c1-47(33-43(53)54)39-15-11-35(12-16-39)7-9-37-19-27-49(28-20-37)25-3-5-41(51)45-23-31-57-58-32-24-46-42(52)6-4-26-50-29-21-38(22-30-50)10-8-36-13-17-40(18-14-36)48(2)34-44(55)56/h7-22,27-30H,3-6,23-26,31-34H2,1-2H3,(H2-2,45,46,51,52,53,54,55,56). The Morgan fingerprint density at radius 3 is 1.21 bits per heavy atom. The Labute approximate surface area is 349 Å². The van der Waals surface area contributed by atoms with Crippen LogP contribution < -0.4 is 39.8 Å². The number of likely N-dealkylation sites (N-methyl/N-ethyl adjacent to an activating group) is 2. The van der Waals surface area contributed by atoms with Gasteiger partial charge in [0.15, 0.2) is 24.8 Å². The molecule has 4 rings (SSSR count). The number of amides is 2. The van der Waals surface area contributed by atoms with E-state index >= 15 is 0 Å². The van der Waals surface area contributed by atoms with Crippen LogP contribution in [0.25, 0.3) is 24.3 Å². The highest BCUT2D eigenvalue weighted by Crippen LogP contribution is 2.19. The van der Waals surface area contributed by atoms with Crippen LogP contribution >= 0.6 is 21.6 Å². The highest BCUT2D eigenvalue weighted by molar-refractivity contribution is 8.76. The average molecular weight is 825 g/mol. The van der Waals surface area contributed by atoms with Gasteiger partial charge in [0.25, 0.3) is 0 Å². The molecule has 4 aromatic rings. The maximum Gasteiger partial charge on any atom is 0.220 e. The minimum absolute atomic E-state index is 0.0443. The number of rotatable bonds is 25. The highest BCUT2D eigenvalue weighted by atomic mass is 33.1. The van der Waals surface area contributed by atoms with Crippen molar-refractivity contribution in [1.82, 2.24) is 10.6 Å².